The summed E-state index contributed by atoms with van der Waals surface area (Å²) in [6.45, 7) is 2.40. The monoisotopic (exact) mass is 286 g/mol. The molecule has 1 unspecified atom stereocenters. The number of nitro benzene ring substituents is 1. The van der Waals surface area contributed by atoms with Crippen LogP contribution in [0.3, 0.4) is 0 Å². The Morgan fingerprint density at radius 2 is 2.25 bits per heavy atom. The number of ether oxygens (including phenoxy) is 1. The first-order chi connectivity index (χ1) is 9.37. The molecule has 0 saturated heterocycles. The largest absolute Gasteiger partial charge is 0.389 e. The van der Waals surface area contributed by atoms with Crippen LogP contribution in [0.25, 0.3) is 0 Å². The molecule has 6 nitrogen and oxygen atoms in total. The average Bonchev–Trinajstić information content (AvgIpc) is 2.38. The second kappa shape index (κ2) is 7.28. The lowest BCUT2D eigenvalue weighted by molar-refractivity contribution is -0.387. The summed E-state index contributed by atoms with van der Waals surface area (Å²) in [6.07, 6.45) is 0.438. The van der Waals surface area contributed by atoms with E-state index in [4.69, 9.17) is 4.74 Å². The van der Waals surface area contributed by atoms with Gasteiger partial charge in [-0.2, -0.15) is 4.39 Å². The van der Waals surface area contributed by atoms with Crippen molar-refractivity contribution in [3.63, 3.8) is 0 Å². The van der Waals surface area contributed by atoms with E-state index in [-0.39, 0.29) is 18.7 Å². The molecule has 7 heteroatoms. The van der Waals surface area contributed by atoms with Gasteiger partial charge in [-0.05, 0) is 6.92 Å². The molecule has 0 amide bonds. The number of nitrogens with zero attached hydrogens (tertiary/aromatic N) is 1. The summed E-state index contributed by atoms with van der Waals surface area (Å²) in [6, 6.07) is 4.02. The van der Waals surface area contributed by atoms with E-state index in [1.165, 1.54) is 12.1 Å². The summed E-state index contributed by atoms with van der Waals surface area (Å²) in [5.74, 6) is -0.846. The number of hydrogen-bond acceptors (Lipinski definition) is 5. The van der Waals surface area contributed by atoms with Crippen molar-refractivity contribution in [2.45, 2.75) is 25.5 Å². The van der Waals surface area contributed by atoms with Crippen LogP contribution in [-0.4, -0.2) is 35.9 Å². The first-order valence-electron chi connectivity index (χ1n) is 6.21. The third-order valence-electron chi connectivity index (χ3n) is 2.92. The molecule has 1 rings (SSSR count). The summed E-state index contributed by atoms with van der Waals surface area (Å²) in [5.41, 5.74) is -1.33. The number of hydrogen-bond donors (Lipinski definition) is 2. The van der Waals surface area contributed by atoms with Gasteiger partial charge in [0.2, 0.25) is 5.82 Å². The highest BCUT2D eigenvalue weighted by atomic mass is 19.1. The summed E-state index contributed by atoms with van der Waals surface area (Å²) < 4.78 is 18.7. The number of nitro groups is 1. The Morgan fingerprint density at radius 3 is 2.85 bits per heavy atom. The van der Waals surface area contributed by atoms with Crippen molar-refractivity contribution >= 4 is 5.69 Å². The zero-order valence-electron chi connectivity index (χ0n) is 11.6. The molecule has 0 heterocycles. The van der Waals surface area contributed by atoms with Gasteiger partial charge in [0.25, 0.3) is 0 Å². The Labute approximate surface area is 116 Å². The van der Waals surface area contributed by atoms with Crippen LogP contribution in [0, 0.1) is 15.9 Å². The van der Waals surface area contributed by atoms with E-state index in [9.17, 15) is 19.6 Å². The number of nitrogens with one attached hydrogen (secondary N) is 1. The van der Waals surface area contributed by atoms with E-state index in [0.717, 1.165) is 6.07 Å². The van der Waals surface area contributed by atoms with Crippen LogP contribution in [0.4, 0.5) is 10.1 Å². The second-order valence-corrected chi connectivity index (χ2v) is 4.85. The van der Waals surface area contributed by atoms with E-state index in [0.29, 0.717) is 13.0 Å². The predicted octanol–water partition coefficient (Wildman–Crippen LogP) is 1.61. The van der Waals surface area contributed by atoms with Crippen molar-refractivity contribution in [1.29, 1.82) is 0 Å². The number of benzene rings is 1. The highest BCUT2D eigenvalue weighted by molar-refractivity contribution is 5.36. The number of rotatable bonds is 8. The van der Waals surface area contributed by atoms with Crippen LogP contribution in [-0.2, 0) is 11.3 Å². The van der Waals surface area contributed by atoms with Gasteiger partial charge in [-0.15, -0.1) is 0 Å². The quantitative estimate of drug-likeness (QED) is 0.560. The van der Waals surface area contributed by atoms with Gasteiger partial charge in [-0.1, -0.05) is 12.1 Å². The second-order valence-electron chi connectivity index (χ2n) is 4.85. The molecule has 0 aliphatic rings. The van der Waals surface area contributed by atoms with Gasteiger partial charge in [0.1, 0.15) is 0 Å². The highest BCUT2D eigenvalue weighted by Crippen LogP contribution is 2.20. The Bertz CT molecular complexity index is 466. The normalized spacial score (nSPS) is 14.0. The van der Waals surface area contributed by atoms with Crippen LogP contribution in [0.2, 0.25) is 0 Å². The predicted molar refractivity (Wildman–Crippen MR) is 71.9 cm³/mol. The minimum Gasteiger partial charge on any atom is -0.389 e. The first kappa shape index (κ1) is 16.5. The molecule has 0 bridgehead atoms. The van der Waals surface area contributed by atoms with Gasteiger partial charge in [-0.25, -0.2) is 0 Å². The van der Waals surface area contributed by atoms with Crippen molar-refractivity contribution in [3.05, 3.63) is 39.7 Å². The van der Waals surface area contributed by atoms with E-state index in [2.05, 4.69) is 5.32 Å². The van der Waals surface area contributed by atoms with Crippen molar-refractivity contribution in [2.75, 3.05) is 20.3 Å². The lowest BCUT2D eigenvalue weighted by Gasteiger charge is -2.23. The molecule has 0 saturated carbocycles. The van der Waals surface area contributed by atoms with E-state index in [1.54, 1.807) is 14.0 Å². The zero-order valence-corrected chi connectivity index (χ0v) is 11.6. The number of halogens is 1. The highest BCUT2D eigenvalue weighted by Gasteiger charge is 2.21. The molecular weight excluding hydrogens is 267 g/mol. The third kappa shape index (κ3) is 4.84. The van der Waals surface area contributed by atoms with Gasteiger partial charge >= 0.3 is 5.69 Å². The molecule has 0 radical (unpaired) electrons. The maximum absolute atomic E-state index is 13.8. The van der Waals surface area contributed by atoms with Crippen LogP contribution >= 0.6 is 0 Å². The Kier molecular flexibility index (Phi) is 6.00. The van der Waals surface area contributed by atoms with E-state index >= 15 is 0 Å². The Morgan fingerprint density at radius 1 is 1.55 bits per heavy atom. The molecule has 112 valence electrons. The molecule has 0 aliphatic carbocycles. The summed E-state index contributed by atoms with van der Waals surface area (Å²) in [4.78, 5) is 9.86. The minimum atomic E-state index is -0.979. The summed E-state index contributed by atoms with van der Waals surface area (Å²) in [5, 5.41) is 23.5. The number of methoxy groups -OCH3 is 1. The van der Waals surface area contributed by atoms with Crippen LogP contribution in [0.1, 0.15) is 18.9 Å². The van der Waals surface area contributed by atoms with Gasteiger partial charge in [0, 0.05) is 44.9 Å². The molecule has 0 spiro atoms. The van der Waals surface area contributed by atoms with E-state index in [1.807, 2.05) is 0 Å². The third-order valence-corrected chi connectivity index (χ3v) is 2.92. The molecule has 0 aliphatic heterocycles. The minimum absolute atomic E-state index is 0.108. The van der Waals surface area contributed by atoms with Crippen LogP contribution in [0.15, 0.2) is 18.2 Å². The van der Waals surface area contributed by atoms with Crippen molar-refractivity contribution in [1.82, 2.24) is 5.32 Å². The zero-order chi connectivity index (χ0) is 15.2. The SMILES string of the molecule is COCCC(C)(O)CNCc1cccc([N+](=O)[O-])c1F. The lowest BCUT2D eigenvalue weighted by Crippen LogP contribution is -2.38. The summed E-state index contributed by atoms with van der Waals surface area (Å²) in [7, 11) is 1.54. The smallest absolute Gasteiger partial charge is 0.305 e. The maximum atomic E-state index is 13.8. The standard InChI is InChI=1S/C13H19FN2O4/c1-13(17,6-7-20-2)9-15-8-10-4-3-5-11(12(10)14)16(18)19/h3-5,15,17H,6-9H2,1-2H3. The lowest BCUT2D eigenvalue weighted by atomic mass is 10.0. The van der Waals surface area contributed by atoms with Gasteiger partial charge < -0.3 is 15.2 Å². The van der Waals surface area contributed by atoms with Crippen molar-refractivity contribution in [3.8, 4) is 0 Å². The molecule has 0 fully saturated rings. The molecule has 1 atom stereocenters. The van der Waals surface area contributed by atoms with Crippen LogP contribution < -0.4 is 5.32 Å². The van der Waals surface area contributed by atoms with Gasteiger partial charge in [-0.3, -0.25) is 10.1 Å². The van der Waals surface area contributed by atoms with Crippen molar-refractivity contribution < 1.29 is 19.2 Å². The molecule has 1 aromatic rings. The van der Waals surface area contributed by atoms with Crippen LogP contribution in [0.5, 0.6) is 0 Å². The van der Waals surface area contributed by atoms with E-state index < -0.39 is 22.0 Å². The van der Waals surface area contributed by atoms with Gasteiger partial charge in [0.05, 0.1) is 10.5 Å². The molecule has 1 aromatic carbocycles. The first-order valence-corrected chi connectivity index (χ1v) is 6.21. The summed E-state index contributed by atoms with van der Waals surface area (Å²) >= 11 is 0. The Balaban J connectivity index is 2.58. The molecule has 20 heavy (non-hydrogen) atoms. The molecule has 0 aromatic heterocycles. The molecular formula is C13H19FN2O4. The van der Waals surface area contributed by atoms with Gasteiger partial charge in [0.15, 0.2) is 0 Å². The fourth-order valence-electron chi connectivity index (χ4n) is 1.72. The fourth-order valence-corrected chi connectivity index (χ4v) is 1.72. The number of aliphatic hydroxyl groups is 1. The van der Waals surface area contributed by atoms with Crippen molar-refractivity contribution in [2.24, 2.45) is 0 Å². The maximum Gasteiger partial charge on any atom is 0.305 e. The Hall–Kier alpha value is -1.57. The fraction of sp³-hybridized carbons (Fsp3) is 0.538. The topological polar surface area (TPSA) is 84.6 Å². The molecule has 2 N–H and O–H groups in total. The average molecular weight is 286 g/mol.